The SMILES string of the molecule is CC1CCC(C(=O)O)N1c1ncccn1. The molecular weight excluding hydrogens is 194 g/mol. The molecule has 5 nitrogen and oxygen atoms in total. The molecule has 0 radical (unpaired) electrons. The second-order valence-corrected chi connectivity index (χ2v) is 3.74. The number of nitrogens with zero attached hydrogens (tertiary/aromatic N) is 3. The maximum Gasteiger partial charge on any atom is 0.326 e. The summed E-state index contributed by atoms with van der Waals surface area (Å²) in [7, 11) is 0. The first-order valence-electron chi connectivity index (χ1n) is 4.98. The van der Waals surface area contributed by atoms with Crippen molar-refractivity contribution in [1.29, 1.82) is 0 Å². The smallest absolute Gasteiger partial charge is 0.326 e. The number of carboxylic acid groups (broad SMARTS) is 1. The monoisotopic (exact) mass is 207 g/mol. The van der Waals surface area contributed by atoms with Crippen LogP contribution in [0, 0.1) is 0 Å². The minimum absolute atomic E-state index is 0.188. The van der Waals surface area contributed by atoms with Crippen molar-refractivity contribution in [3.05, 3.63) is 18.5 Å². The Kier molecular flexibility index (Phi) is 2.53. The first-order chi connectivity index (χ1) is 7.20. The lowest BCUT2D eigenvalue weighted by Crippen LogP contribution is -2.40. The molecule has 1 fully saturated rings. The van der Waals surface area contributed by atoms with E-state index in [4.69, 9.17) is 5.11 Å². The molecule has 1 aliphatic rings. The normalized spacial score (nSPS) is 25.5. The lowest BCUT2D eigenvalue weighted by molar-refractivity contribution is -0.138. The Morgan fingerprint density at radius 3 is 2.73 bits per heavy atom. The molecule has 0 saturated carbocycles. The third-order valence-electron chi connectivity index (χ3n) is 2.74. The van der Waals surface area contributed by atoms with Gasteiger partial charge >= 0.3 is 5.97 Å². The molecule has 1 aromatic rings. The number of carbonyl (C=O) groups is 1. The van der Waals surface area contributed by atoms with E-state index in [1.54, 1.807) is 23.4 Å². The van der Waals surface area contributed by atoms with Crippen LogP contribution < -0.4 is 4.90 Å². The standard InChI is InChI=1S/C10H13N3O2/c1-7-3-4-8(9(14)15)13(7)10-11-5-2-6-12-10/h2,5-8H,3-4H2,1H3,(H,14,15). The highest BCUT2D eigenvalue weighted by atomic mass is 16.4. The first kappa shape index (κ1) is 9.89. The van der Waals surface area contributed by atoms with Crippen molar-refractivity contribution >= 4 is 11.9 Å². The van der Waals surface area contributed by atoms with Crippen molar-refractivity contribution in [1.82, 2.24) is 9.97 Å². The zero-order valence-electron chi connectivity index (χ0n) is 8.50. The van der Waals surface area contributed by atoms with Gasteiger partial charge in [0.1, 0.15) is 6.04 Å². The van der Waals surface area contributed by atoms with Gasteiger partial charge in [0.15, 0.2) is 0 Å². The van der Waals surface area contributed by atoms with Crippen LogP contribution in [0.5, 0.6) is 0 Å². The minimum atomic E-state index is -0.799. The highest BCUT2D eigenvalue weighted by Crippen LogP contribution is 2.27. The van der Waals surface area contributed by atoms with E-state index in [9.17, 15) is 4.79 Å². The summed E-state index contributed by atoms with van der Waals surface area (Å²) >= 11 is 0. The zero-order chi connectivity index (χ0) is 10.8. The molecule has 0 aliphatic carbocycles. The van der Waals surface area contributed by atoms with Crippen LogP contribution in [0.3, 0.4) is 0 Å². The number of anilines is 1. The fourth-order valence-corrected chi connectivity index (χ4v) is 1.99. The van der Waals surface area contributed by atoms with Crippen molar-refractivity contribution in [3.63, 3.8) is 0 Å². The zero-order valence-corrected chi connectivity index (χ0v) is 8.50. The van der Waals surface area contributed by atoms with Gasteiger partial charge in [-0.3, -0.25) is 0 Å². The third-order valence-corrected chi connectivity index (χ3v) is 2.74. The van der Waals surface area contributed by atoms with Gasteiger partial charge in [-0.2, -0.15) is 0 Å². The van der Waals surface area contributed by atoms with Crippen LogP contribution in [0.15, 0.2) is 18.5 Å². The van der Waals surface area contributed by atoms with Crippen LogP contribution in [-0.4, -0.2) is 33.1 Å². The maximum atomic E-state index is 11.0. The molecule has 1 aromatic heterocycles. The van der Waals surface area contributed by atoms with Crippen molar-refractivity contribution in [2.45, 2.75) is 31.8 Å². The Morgan fingerprint density at radius 1 is 1.47 bits per heavy atom. The van der Waals surface area contributed by atoms with Gasteiger partial charge in [0.05, 0.1) is 0 Å². The number of hydrogen-bond acceptors (Lipinski definition) is 4. The van der Waals surface area contributed by atoms with Crippen molar-refractivity contribution in [3.8, 4) is 0 Å². The molecule has 80 valence electrons. The average molecular weight is 207 g/mol. The Hall–Kier alpha value is -1.65. The lowest BCUT2D eigenvalue weighted by Gasteiger charge is -2.25. The Bertz CT molecular complexity index is 355. The quantitative estimate of drug-likeness (QED) is 0.781. The maximum absolute atomic E-state index is 11.0. The van der Waals surface area contributed by atoms with Crippen LogP contribution in [0.2, 0.25) is 0 Å². The molecular formula is C10H13N3O2. The molecule has 1 N–H and O–H groups in total. The van der Waals surface area contributed by atoms with Gasteiger partial charge in [-0.25, -0.2) is 14.8 Å². The van der Waals surface area contributed by atoms with Crippen molar-refractivity contribution < 1.29 is 9.90 Å². The van der Waals surface area contributed by atoms with Crippen molar-refractivity contribution in [2.24, 2.45) is 0 Å². The highest BCUT2D eigenvalue weighted by Gasteiger charge is 2.36. The van der Waals surface area contributed by atoms with E-state index in [2.05, 4.69) is 9.97 Å². The fourth-order valence-electron chi connectivity index (χ4n) is 1.99. The van der Waals surface area contributed by atoms with Gasteiger partial charge in [0.2, 0.25) is 5.95 Å². The molecule has 2 heterocycles. The predicted octanol–water partition coefficient (Wildman–Crippen LogP) is 0.919. The molecule has 5 heteroatoms. The van der Waals surface area contributed by atoms with Crippen LogP contribution in [0.1, 0.15) is 19.8 Å². The summed E-state index contributed by atoms with van der Waals surface area (Å²) in [6.45, 7) is 2.00. The largest absolute Gasteiger partial charge is 0.480 e. The second-order valence-electron chi connectivity index (χ2n) is 3.74. The van der Waals surface area contributed by atoms with Crippen LogP contribution in [-0.2, 0) is 4.79 Å². The highest BCUT2D eigenvalue weighted by molar-refractivity contribution is 5.78. The van der Waals surface area contributed by atoms with Crippen LogP contribution in [0.25, 0.3) is 0 Å². The minimum Gasteiger partial charge on any atom is -0.480 e. The summed E-state index contributed by atoms with van der Waals surface area (Å²) < 4.78 is 0. The Balaban J connectivity index is 2.29. The summed E-state index contributed by atoms with van der Waals surface area (Å²) in [4.78, 5) is 21.0. The van der Waals surface area contributed by atoms with Gasteiger partial charge in [-0.15, -0.1) is 0 Å². The van der Waals surface area contributed by atoms with Gasteiger partial charge in [0.25, 0.3) is 0 Å². The number of carboxylic acids is 1. The first-order valence-corrected chi connectivity index (χ1v) is 4.98. The molecule has 1 saturated heterocycles. The van der Waals surface area contributed by atoms with Crippen molar-refractivity contribution in [2.75, 3.05) is 4.90 Å². The van der Waals surface area contributed by atoms with E-state index >= 15 is 0 Å². The number of aliphatic carboxylic acids is 1. The lowest BCUT2D eigenvalue weighted by atomic mass is 10.2. The van der Waals surface area contributed by atoms with Gasteiger partial charge < -0.3 is 10.0 Å². The molecule has 0 spiro atoms. The van der Waals surface area contributed by atoms with E-state index in [1.165, 1.54) is 0 Å². The number of aromatic nitrogens is 2. The van der Waals surface area contributed by atoms with E-state index in [1.807, 2.05) is 6.92 Å². The van der Waals surface area contributed by atoms with Crippen LogP contribution >= 0.6 is 0 Å². The summed E-state index contributed by atoms with van der Waals surface area (Å²) in [5.41, 5.74) is 0. The molecule has 0 amide bonds. The summed E-state index contributed by atoms with van der Waals surface area (Å²) in [6, 6.07) is 1.43. The van der Waals surface area contributed by atoms with Gasteiger partial charge in [-0.1, -0.05) is 0 Å². The topological polar surface area (TPSA) is 66.3 Å². The Morgan fingerprint density at radius 2 is 2.13 bits per heavy atom. The number of rotatable bonds is 2. The molecule has 2 rings (SSSR count). The molecule has 0 bridgehead atoms. The van der Waals surface area contributed by atoms with E-state index in [-0.39, 0.29) is 6.04 Å². The summed E-state index contributed by atoms with van der Waals surface area (Å²) in [5, 5.41) is 9.07. The van der Waals surface area contributed by atoms with Gasteiger partial charge in [-0.05, 0) is 25.8 Å². The molecule has 1 aliphatic heterocycles. The summed E-state index contributed by atoms with van der Waals surface area (Å²) in [5.74, 6) is -0.290. The molecule has 2 atom stereocenters. The van der Waals surface area contributed by atoms with E-state index in [0.717, 1.165) is 6.42 Å². The molecule has 2 unspecified atom stereocenters. The second kappa shape index (κ2) is 3.84. The molecule has 0 aromatic carbocycles. The van der Waals surface area contributed by atoms with Crippen LogP contribution in [0.4, 0.5) is 5.95 Å². The van der Waals surface area contributed by atoms with Gasteiger partial charge in [0, 0.05) is 18.4 Å². The fraction of sp³-hybridized carbons (Fsp3) is 0.500. The summed E-state index contributed by atoms with van der Waals surface area (Å²) in [6.07, 6.45) is 4.79. The predicted molar refractivity (Wildman–Crippen MR) is 54.6 cm³/mol. The van der Waals surface area contributed by atoms with E-state index in [0.29, 0.717) is 12.4 Å². The Labute approximate surface area is 87.8 Å². The molecule has 15 heavy (non-hydrogen) atoms. The number of hydrogen-bond donors (Lipinski definition) is 1. The third kappa shape index (κ3) is 1.77. The average Bonchev–Trinajstić information content (AvgIpc) is 2.61. The van der Waals surface area contributed by atoms with E-state index < -0.39 is 12.0 Å².